The molecule has 0 bridgehead atoms. The summed E-state index contributed by atoms with van der Waals surface area (Å²) in [7, 11) is 0. The van der Waals surface area contributed by atoms with E-state index in [1.54, 1.807) is 24.8 Å². The highest BCUT2D eigenvalue weighted by Gasteiger charge is 2.33. The van der Waals surface area contributed by atoms with Crippen LogP contribution in [-0.4, -0.2) is 32.6 Å². The molecule has 25 heavy (non-hydrogen) atoms. The van der Waals surface area contributed by atoms with Crippen molar-refractivity contribution < 1.29 is 13.7 Å². The Bertz CT molecular complexity index is 928. The second-order valence-corrected chi connectivity index (χ2v) is 6.26. The number of imidazole rings is 1. The number of fused-ring (bicyclic) bond motifs is 1. The number of rotatable bonds is 2. The molecule has 7 nitrogen and oxygen atoms in total. The minimum absolute atomic E-state index is 0.170. The van der Waals surface area contributed by atoms with Crippen LogP contribution in [0.2, 0.25) is 0 Å². The van der Waals surface area contributed by atoms with E-state index in [0.29, 0.717) is 40.5 Å². The van der Waals surface area contributed by atoms with E-state index in [0.717, 1.165) is 12.8 Å². The number of benzene rings is 1. The maximum Gasteiger partial charge on any atom is 0.322 e. The summed E-state index contributed by atoms with van der Waals surface area (Å²) in [6.45, 7) is 4.16. The number of likely N-dealkylation sites (tertiary alicyclic amines) is 1. The molecule has 1 atom stereocenters. The van der Waals surface area contributed by atoms with Crippen LogP contribution >= 0.6 is 0 Å². The Hall–Kier alpha value is -2.90. The number of nitrogens with zero attached hydrogens (tertiary/aromatic N) is 3. The first-order valence-electron chi connectivity index (χ1n) is 8.18. The lowest BCUT2D eigenvalue weighted by molar-refractivity contribution is 0.205. The fraction of sp³-hybridized carbons (Fsp3) is 0.353. The third kappa shape index (κ3) is 2.73. The van der Waals surface area contributed by atoms with Crippen molar-refractivity contribution in [2.45, 2.75) is 32.7 Å². The molecule has 130 valence electrons. The zero-order chi connectivity index (χ0) is 17.6. The van der Waals surface area contributed by atoms with Gasteiger partial charge in [-0.3, -0.25) is 0 Å². The van der Waals surface area contributed by atoms with Gasteiger partial charge in [-0.15, -0.1) is 0 Å². The number of aromatic amines is 1. The van der Waals surface area contributed by atoms with Crippen LogP contribution in [0, 0.1) is 19.7 Å². The van der Waals surface area contributed by atoms with Crippen LogP contribution in [0.3, 0.4) is 0 Å². The van der Waals surface area contributed by atoms with E-state index < -0.39 is 0 Å². The zero-order valence-electron chi connectivity index (χ0n) is 14.0. The van der Waals surface area contributed by atoms with Crippen molar-refractivity contribution >= 4 is 22.8 Å². The van der Waals surface area contributed by atoms with Gasteiger partial charge in [0.2, 0.25) is 0 Å². The van der Waals surface area contributed by atoms with Gasteiger partial charge < -0.3 is 19.7 Å². The molecular formula is C17H18FN5O2. The fourth-order valence-corrected chi connectivity index (χ4v) is 3.29. The number of carbonyl (C=O) groups excluding carboxylic acids is 1. The molecule has 0 aliphatic carbocycles. The van der Waals surface area contributed by atoms with Gasteiger partial charge in [0, 0.05) is 6.54 Å². The monoisotopic (exact) mass is 343 g/mol. The Balaban J connectivity index is 1.60. The van der Waals surface area contributed by atoms with Gasteiger partial charge in [-0.2, -0.15) is 0 Å². The van der Waals surface area contributed by atoms with Crippen LogP contribution in [0.4, 0.5) is 14.9 Å². The number of amides is 2. The lowest BCUT2D eigenvalue weighted by atomic mass is 10.2. The summed E-state index contributed by atoms with van der Waals surface area (Å²) in [6.07, 6.45) is 1.68. The summed E-state index contributed by atoms with van der Waals surface area (Å²) < 4.78 is 18.5. The van der Waals surface area contributed by atoms with E-state index in [9.17, 15) is 9.18 Å². The molecule has 0 saturated carbocycles. The highest BCUT2D eigenvalue weighted by molar-refractivity contribution is 5.91. The number of carbonyl (C=O) groups is 1. The second-order valence-electron chi connectivity index (χ2n) is 6.26. The van der Waals surface area contributed by atoms with Gasteiger partial charge in [0.15, 0.2) is 5.76 Å². The number of aryl methyl sites for hydroxylation is 2. The van der Waals surface area contributed by atoms with Crippen LogP contribution in [0.25, 0.3) is 11.0 Å². The third-order valence-corrected chi connectivity index (χ3v) is 4.56. The highest BCUT2D eigenvalue weighted by Crippen LogP contribution is 2.32. The maximum absolute atomic E-state index is 13.4. The Morgan fingerprint density at radius 2 is 2.28 bits per heavy atom. The van der Waals surface area contributed by atoms with Crippen molar-refractivity contribution in [1.82, 2.24) is 20.0 Å². The Morgan fingerprint density at radius 3 is 3.04 bits per heavy atom. The normalized spacial score (nSPS) is 17.4. The van der Waals surface area contributed by atoms with Gasteiger partial charge >= 0.3 is 6.03 Å². The predicted molar refractivity (Wildman–Crippen MR) is 89.7 cm³/mol. The minimum Gasteiger partial charge on any atom is -0.359 e. The van der Waals surface area contributed by atoms with Crippen molar-refractivity contribution in [2.24, 2.45) is 0 Å². The largest absolute Gasteiger partial charge is 0.359 e. The number of hydrogen-bond donors (Lipinski definition) is 2. The number of H-pyrrole nitrogens is 1. The van der Waals surface area contributed by atoms with Gasteiger partial charge in [-0.05, 0) is 44.9 Å². The Kier molecular flexibility index (Phi) is 3.67. The van der Waals surface area contributed by atoms with Crippen LogP contribution < -0.4 is 5.32 Å². The molecule has 4 rings (SSSR count). The lowest BCUT2D eigenvalue weighted by Crippen LogP contribution is -2.35. The van der Waals surface area contributed by atoms with Gasteiger partial charge in [0.05, 0.1) is 17.1 Å². The smallest absolute Gasteiger partial charge is 0.322 e. The molecule has 1 aliphatic rings. The lowest BCUT2D eigenvalue weighted by Gasteiger charge is -2.23. The summed E-state index contributed by atoms with van der Waals surface area (Å²) in [4.78, 5) is 22.1. The molecule has 2 aromatic heterocycles. The van der Waals surface area contributed by atoms with Crippen molar-refractivity contribution in [3.8, 4) is 0 Å². The minimum atomic E-state index is -0.317. The molecule has 0 radical (unpaired) electrons. The first kappa shape index (κ1) is 15.6. The number of aromatic nitrogens is 3. The van der Waals surface area contributed by atoms with Gasteiger partial charge in [0.1, 0.15) is 23.0 Å². The SMILES string of the molecule is Cc1noc(C)c1NC(=O)N1CCC[C@H]1c1nc2ccc(F)cc2[nH]1. The number of urea groups is 1. The summed E-state index contributed by atoms with van der Waals surface area (Å²) in [5.41, 5.74) is 2.56. The Labute approximate surface area is 143 Å². The maximum atomic E-state index is 13.4. The zero-order valence-corrected chi connectivity index (χ0v) is 14.0. The molecule has 2 N–H and O–H groups in total. The third-order valence-electron chi connectivity index (χ3n) is 4.56. The first-order chi connectivity index (χ1) is 12.0. The number of hydrogen-bond acceptors (Lipinski definition) is 4. The fourth-order valence-electron chi connectivity index (χ4n) is 3.29. The standard InChI is InChI=1S/C17H18FN5O2/c1-9-15(10(2)25-22-9)21-17(24)23-7-3-4-14(23)16-19-12-6-5-11(18)8-13(12)20-16/h5-6,8,14H,3-4,7H2,1-2H3,(H,19,20)(H,21,24)/t14-/m0/s1. The molecule has 1 saturated heterocycles. The van der Waals surface area contributed by atoms with Crippen LogP contribution in [0.15, 0.2) is 22.7 Å². The van der Waals surface area contributed by atoms with E-state index in [-0.39, 0.29) is 17.9 Å². The molecule has 1 aromatic carbocycles. The molecule has 1 fully saturated rings. The van der Waals surface area contributed by atoms with Crippen LogP contribution in [0.5, 0.6) is 0 Å². The summed E-state index contributed by atoms with van der Waals surface area (Å²) >= 11 is 0. The first-order valence-corrected chi connectivity index (χ1v) is 8.18. The average Bonchev–Trinajstić information content (AvgIpc) is 3.28. The molecule has 3 aromatic rings. The summed E-state index contributed by atoms with van der Waals surface area (Å²) in [5, 5.41) is 6.72. The molecule has 8 heteroatoms. The highest BCUT2D eigenvalue weighted by atomic mass is 19.1. The van der Waals surface area contributed by atoms with Crippen molar-refractivity contribution in [3.05, 3.63) is 41.3 Å². The summed E-state index contributed by atoms with van der Waals surface area (Å²) in [5.74, 6) is 0.926. The van der Waals surface area contributed by atoms with E-state index in [1.807, 2.05) is 0 Å². The average molecular weight is 343 g/mol. The van der Waals surface area contributed by atoms with E-state index in [2.05, 4.69) is 20.4 Å². The molecule has 1 aliphatic heterocycles. The van der Waals surface area contributed by atoms with E-state index >= 15 is 0 Å². The number of nitrogens with one attached hydrogen (secondary N) is 2. The molecular weight excluding hydrogens is 325 g/mol. The van der Waals surface area contributed by atoms with Gasteiger partial charge in [-0.1, -0.05) is 5.16 Å². The molecule has 0 unspecified atom stereocenters. The van der Waals surface area contributed by atoms with Crippen LogP contribution in [0.1, 0.15) is 36.2 Å². The van der Waals surface area contributed by atoms with E-state index in [4.69, 9.17) is 4.52 Å². The van der Waals surface area contributed by atoms with Crippen molar-refractivity contribution in [3.63, 3.8) is 0 Å². The quantitative estimate of drug-likeness (QED) is 0.743. The number of halogens is 1. The second kappa shape index (κ2) is 5.87. The van der Waals surface area contributed by atoms with Crippen molar-refractivity contribution in [2.75, 3.05) is 11.9 Å². The van der Waals surface area contributed by atoms with Gasteiger partial charge in [-0.25, -0.2) is 14.2 Å². The van der Waals surface area contributed by atoms with Crippen molar-refractivity contribution in [1.29, 1.82) is 0 Å². The van der Waals surface area contributed by atoms with E-state index in [1.165, 1.54) is 12.1 Å². The summed E-state index contributed by atoms with van der Waals surface area (Å²) in [6, 6.07) is 4.03. The topological polar surface area (TPSA) is 87.1 Å². The Morgan fingerprint density at radius 1 is 1.44 bits per heavy atom. The number of anilines is 1. The molecule has 2 amide bonds. The molecule has 3 heterocycles. The molecule has 0 spiro atoms. The predicted octanol–water partition coefficient (Wildman–Crippen LogP) is 3.68. The van der Waals surface area contributed by atoms with Gasteiger partial charge in [0.25, 0.3) is 0 Å². The van der Waals surface area contributed by atoms with Crippen LogP contribution in [-0.2, 0) is 0 Å².